The molecule has 158 valence electrons. The van der Waals surface area contributed by atoms with Gasteiger partial charge in [-0.05, 0) is 23.8 Å². The zero-order valence-electron chi connectivity index (χ0n) is 15.5. The van der Waals surface area contributed by atoms with Gasteiger partial charge in [0.15, 0.2) is 0 Å². The number of aliphatic hydroxyl groups is 4. The van der Waals surface area contributed by atoms with Crippen molar-refractivity contribution < 1.29 is 38.3 Å². The van der Waals surface area contributed by atoms with E-state index in [1.807, 2.05) is 0 Å². The van der Waals surface area contributed by atoms with Gasteiger partial charge in [-0.3, -0.25) is 4.72 Å². The molecule has 0 bridgehead atoms. The highest BCUT2D eigenvalue weighted by Gasteiger charge is 2.44. The van der Waals surface area contributed by atoms with Gasteiger partial charge in [-0.1, -0.05) is 30.3 Å². The van der Waals surface area contributed by atoms with E-state index < -0.39 is 47.3 Å². The summed E-state index contributed by atoms with van der Waals surface area (Å²) in [6.07, 6.45) is -5.95. The molecule has 2 aromatic carbocycles. The molecule has 3 rings (SSSR count). The van der Waals surface area contributed by atoms with Crippen LogP contribution in [0, 0.1) is 0 Å². The van der Waals surface area contributed by atoms with Crippen molar-refractivity contribution >= 4 is 15.7 Å². The minimum atomic E-state index is -3.45. The van der Waals surface area contributed by atoms with E-state index in [9.17, 15) is 28.8 Å². The molecule has 5 N–H and O–H groups in total. The first-order valence-electron chi connectivity index (χ1n) is 8.84. The van der Waals surface area contributed by atoms with E-state index in [4.69, 9.17) is 9.47 Å². The van der Waals surface area contributed by atoms with E-state index >= 15 is 0 Å². The molecule has 1 heterocycles. The Morgan fingerprint density at radius 2 is 1.76 bits per heavy atom. The summed E-state index contributed by atoms with van der Waals surface area (Å²) in [5.41, 5.74) is 1.59. The van der Waals surface area contributed by atoms with Crippen molar-refractivity contribution in [2.45, 2.75) is 30.7 Å². The number of hydrogen-bond donors (Lipinski definition) is 5. The predicted octanol–water partition coefficient (Wildman–Crippen LogP) is -0.0962. The third-order valence-corrected chi connectivity index (χ3v) is 5.06. The summed E-state index contributed by atoms with van der Waals surface area (Å²) < 4.78 is 36.5. The first-order chi connectivity index (χ1) is 13.7. The molecule has 1 saturated heterocycles. The van der Waals surface area contributed by atoms with E-state index in [-0.39, 0.29) is 0 Å². The monoisotopic (exact) mass is 425 g/mol. The lowest BCUT2D eigenvalue weighted by Crippen LogP contribution is -2.60. The quantitative estimate of drug-likeness (QED) is 0.432. The Kier molecular flexibility index (Phi) is 6.42. The number of aliphatic hydroxyl groups excluding tert-OH is 4. The maximum Gasteiger partial charge on any atom is 0.229 e. The highest BCUT2D eigenvalue weighted by Crippen LogP contribution is 2.34. The molecule has 10 heteroatoms. The predicted molar refractivity (Wildman–Crippen MR) is 105 cm³/mol. The van der Waals surface area contributed by atoms with Crippen LogP contribution in [0.15, 0.2) is 48.5 Å². The van der Waals surface area contributed by atoms with E-state index in [0.717, 1.165) is 6.26 Å². The minimum Gasteiger partial charge on any atom is -0.461 e. The minimum absolute atomic E-state index is 0.299. The fourth-order valence-electron chi connectivity index (χ4n) is 3.06. The summed E-state index contributed by atoms with van der Waals surface area (Å²) in [5, 5.41) is 39.3. The van der Waals surface area contributed by atoms with Crippen molar-refractivity contribution in [2.75, 3.05) is 17.6 Å². The summed E-state index contributed by atoms with van der Waals surface area (Å²) in [6.45, 7) is -0.564. The molecular weight excluding hydrogens is 402 g/mol. The number of para-hydroxylation sites is 1. The van der Waals surface area contributed by atoms with Crippen LogP contribution in [0.1, 0.15) is 0 Å². The van der Waals surface area contributed by atoms with Crippen LogP contribution in [0.4, 0.5) is 5.69 Å². The topological polar surface area (TPSA) is 146 Å². The highest BCUT2D eigenvalue weighted by atomic mass is 32.2. The molecule has 3 unspecified atom stereocenters. The van der Waals surface area contributed by atoms with Gasteiger partial charge in [-0.2, -0.15) is 0 Å². The third-order valence-electron chi connectivity index (χ3n) is 4.46. The van der Waals surface area contributed by atoms with Crippen LogP contribution in [-0.4, -0.2) is 72.4 Å². The van der Waals surface area contributed by atoms with E-state index in [1.165, 1.54) is 0 Å². The van der Waals surface area contributed by atoms with Gasteiger partial charge in [0.05, 0.1) is 12.9 Å². The molecule has 1 aliphatic rings. The molecule has 0 spiro atoms. The van der Waals surface area contributed by atoms with Crippen molar-refractivity contribution in [1.82, 2.24) is 0 Å². The second-order valence-electron chi connectivity index (χ2n) is 6.77. The van der Waals surface area contributed by atoms with Crippen molar-refractivity contribution in [2.24, 2.45) is 0 Å². The molecule has 9 nitrogen and oxygen atoms in total. The normalized spacial score (nSPS) is 27.4. The lowest BCUT2D eigenvalue weighted by atomic mass is 9.99. The number of rotatable bonds is 6. The van der Waals surface area contributed by atoms with Crippen LogP contribution in [0.25, 0.3) is 11.1 Å². The molecule has 0 amide bonds. The second kappa shape index (κ2) is 8.66. The summed E-state index contributed by atoms with van der Waals surface area (Å²) in [4.78, 5) is 0. The van der Waals surface area contributed by atoms with E-state index in [1.54, 1.807) is 48.5 Å². The zero-order chi connectivity index (χ0) is 21.2. The largest absolute Gasteiger partial charge is 0.461 e. The summed E-state index contributed by atoms with van der Waals surface area (Å²) in [7, 11) is -3.45. The van der Waals surface area contributed by atoms with Gasteiger partial charge in [0.2, 0.25) is 16.3 Å². The zero-order valence-corrected chi connectivity index (χ0v) is 16.4. The van der Waals surface area contributed by atoms with Crippen LogP contribution >= 0.6 is 0 Å². The first-order valence-corrected chi connectivity index (χ1v) is 10.7. The Balaban J connectivity index is 1.89. The van der Waals surface area contributed by atoms with Crippen molar-refractivity contribution in [3.63, 3.8) is 0 Å². The van der Waals surface area contributed by atoms with Crippen molar-refractivity contribution in [3.05, 3.63) is 48.5 Å². The Morgan fingerprint density at radius 3 is 2.45 bits per heavy atom. The van der Waals surface area contributed by atoms with Crippen molar-refractivity contribution in [1.29, 1.82) is 0 Å². The fourth-order valence-corrected chi connectivity index (χ4v) is 3.62. The van der Waals surface area contributed by atoms with Crippen molar-refractivity contribution in [3.8, 4) is 16.9 Å². The highest BCUT2D eigenvalue weighted by molar-refractivity contribution is 7.92. The number of benzene rings is 2. The fraction of sp³-hybridized carbons (Fsp3) is 0.368. The van der Waals surface area contributed by atoms with Crippen LogP contribution in [0.3, 0.4) is 0 Å². The number of sulfonamides is 1. The van der Waals surface area contributed by atoms with E-state index in [0.29, 0.717) is 22.6 Å². The summed E-state index contributed by atoms with van der Waals surface area (Å²) in [5.74, 6) is 0.299. The van der Waals surface area contributed by atoms with Gasteiger partial charge in [0.25, 0.3) is 0 Å². The smallest absolute Gasteiger partial charge is 0.229 e. The van der Waals surface area contributed by atoms with Gasteiger partial charge in [0, 0.05) is 11.3 Å². The van der Waals surface area contributed by atoms with Crippen LogP contribution < -0.4 is 9.46 Å². The molecule has 1 fully saturated rings. The summed E-state index contributed by atoms with van der Waals surface area (Å²) >= 11 is 0. The first kappa shape index (κ1) is 21.5. The standard InChI is InChI=1S/C19H23NO8S/c1-29(25,26)20-12-6-4-5-11(9-12)13-7-2-3-8-14(13)27-19-18(24)17(23)16(22)15(10-21)28-19/h2-9,15-24H,10H2,1H3/t15?,16-,17?,18?,19+/m0/s1. The number of anilines is 1. The number of ether oxygens (including phenoxy) is 2. The molecular formula is C19H23NO8S. The van der Waals surface area contributed by atoms with Crippen LogP contribution in [0.5, 0.6) is 5.75 Å². The Hall–Kier alpha value is -2.21. The Labute approximate surface area is 168 Å². The second-order valence-corrected chi connectivity index (χ2v) is 8.51. The SMILES string of the molecule is CS(=O)(=O)Nc1cccc(-c2ccccc2O[C@@H]2OC(CO)[C@H](O)C(O)C2O)c1. The average Bonchev–Trinajstić information content (AvgIpc) is 2.67. The van der Waals surface area contributed by atoms with Crippen LogP contribution in [-0.2, 0) is 14.8 Å². The van der Waals surface area contributed by atoms with Crippen LogP contribution in [0.2, 0.25) is 0 Å². The lowest BCUT2D eigenvalue weighted by Gasteiger charge is -2.39. The van der Waals surface area contributed by atoms with Gasteiger partial charge in [-0.15, -0.1) is 0 Å². The molecule has 0 aromatic heterocycles. The Bertz CT molecular complexity index is 949. The molecule has 0 saturated carbocycles. The molecule has 0 aliphatic carbocycles. The maximum absolute atomic E-state index is 11.5. The van der Waals surface area contributed by atoms with Gasteiger partial charge < -0.3 is 29.9 Å². The van der Waals surface area contributed by atoms with Gasteiger partial charge in [-0.25, -0.2) is 8.42 Å². The van der Waals surface area contributed by atoms with Gasteiger partial charge in [0.1, 0.15) is 30.2 Å². The number of nitrogens with one attached hydrogen (secondary N) is 1. The Morgan fingerprint density at radius 1 is 1.03 bits per heavy atom. The molecule has 0 radical (unpaired) electrons. The van der Waals surface area contributed by atoms with Gasteiger partial charge >= 0.3 is 0 Å². The molecule has 1 aliphatic heterocycles. The molecule has 5 atom stereocenters. The summed E-state index contributed by atoms with van der Waals surface area (Å²) in [6, 6.07) is 13.5. The van der Waals surface area contributed by atoms with E-state index in [2.05, 4.69) is 4.72 Å². The average molecular weight is 425 g/mol. The maximum atomic E-state index is 11.5. The number of hydrogen-bond acceptors (Lipinski definition) is 8. The third kappa shape index (κ3) is 5.04. The molecule has 2 aromatic rings. The lowest BCUT2D eigenvalue weighted by molar-refractivity contribution is -0.277. The molecule has 29 heavy (non-hydrogen) atoms.